The lowest BCUT2D eigenvalue weighted by Gasteiger charge is -2.58. The predicted molar refractivity (Wildman–Crippen MR) is 106 cm³/mol. The highest BCUT2D eigenvalue weighted by atomic mass is 14.6. The van der Waals surface area contributed by atoms with Crippen molar-refractivity contribution in [2.75, 3.05) is 0 Å². The standard InChI is InChI=1S/C23H46/c1-9-15-23(8,18(6)10-2)20(13-5)21-14-16-22(21,7)17-19(11-3)12-4/h18-21H,9-17H2,1-8H3. The second kappa shape index (κ2) is 8.91. The van der Waals surface area contributed by atoms with Gasteiger partial charge in [0.25, 0.3) is 0 Å². The molecule has 0 aromatic carbocycles. The Kier molecular flexibility index (Phi) is 8.15. The van der Waals surface area contributed by atoms with Crippen molar-refractivity contribution in [2.24, 2.45) is 34.5 Å². The van der Waals surface area contributed by atoms with Crippen molar-refractivity contribution in [3.63, 3.8) is 0 Å². The van der Waals surface area contributed by atoms with Crippen LogP contribution in [0.1, 0.15) is 113 Å². The topological polar surface area (TPSA) is 0 Å². The molecule has 0 heteroatoms. The molecule has 0 aliphatic heterocycles. The van der Waals surface area contributed by atoms with Gasteiger partial charge in [-0.3, -0.25) is 0 Å². The van der Waals surface area contributed by atoms with Crippen LogP contribution in [-0.2, 0) is 0 Å². The molecule has 1 aliphatic rings. The summed E-state index contributed by atoms with van der Waals surface area (Å²) in [6.45, 7) is 19.8. The lowest BCUT2D eigenvalue weighted by molar-refractivity contribution is -0.0845. The van der Waals surface area contributed by atoms with E-state index in [1.165, 1.54) is 57.8 Å². The summed E-state index contributed by atoms with van der Waals surface area (Å²) in [6.07, 6.45) is 12.7. The lowest BCUT2D eigenvalue weighted by Crippen LogP contribution is -2.49. The molecule has 138 valence electrons. The van der Waals surface area contributed by atoms with Crippen LogP contribution in [0.25, 0.3) is 0 Å². The van der Waals surface area contributed by atoms with Crippen molar-refractivity contribution in [1.82, 2.24) is 0 Å². The van der Waals surface area contributed by atoms with E-state index < -0.39 is 0 Å². The van der Waals surface area contributed by atoms with Crippen LogP contribution in [0.2, 0.25) is 0 Å². The Morgan fingerprint density at radius 1 is 1.00 bits per heavy atom. The van der Waals surface area contributed by atoms with Crippen LogP contribution in [0.15, 0.2) is 0 Å². The molecule has 0 nitrogen and oxygen atoms in total. The molecule has 0 saturated heterocycles. The first-order valence-corrected chi connectivity index (χ1v) is 10.8. The number of rotatable bonds is 11. The normalized spacial score (nSPS) is 29.9. The Balaban J connectivity index is 2.98. The highest BCUT2D eigenvalue weighted by Crippen LogP contribution is 2.60. The summed E-state index contributed by atoms with van der Waals surface area (Å²) >= 11 is 0. The van der Waals surface area contributed by atoms with E-state index in [1.807, 2.05) is 0 Å². The van der Waals surface area contributed by atoms with E-state index in [0.717, 1.165) is 23.7 Å². The van der Waals surface area contributed by atoms with E-state index in [1.54, 1.807) is 0 Å². The molecule has 0 radical (unpaired) electrons. The fraction of sp³-hybridized carbons (Fsp3) is 1.00. The van der Waals surface area contributed by atoms with Gasteiger partial charge in [-0.05, 0) is 60.2 Å². The fourth-order valence-corrected chi connectivity index (χ4v) is 5.99. The minimum atomic E-state index is 0.540. The predicted octanol–water partition coefficient (Wildman–Crippen LogP) is 8.11. The van der Waals surface area contributed by atoms with Gasteiger partial charge in [-0.2, -0.15) is 0 Å². The van der Waals surface area contributed by atoms with E-state index in [0.29, 0.717) is 10.8 Å². The summed E-state index contributed by atoms with van der Waals surface area (Å²) in [5, 5.41) is 0. The summed E-state index contributed by atoms with van der Waals surface area (Å²) in [5.41, 5.74) is 1.17. The Labute approximate surface area is 148 Å². The Bertz CT molecular complexity index is 329. The molecular weight excluding hydrogens is 276 g/mol. The minimum Gasteiger partial charge on any atom is -0.0654 e. The average molecular weight is 323 g/mol. The van der Waals surface area contributed by atoms with Crippen LogP contribution in [0.4, 0.5) is 0 Å². The van der Waals surface area contributed by atoms with Gasteiger partial charge in [-0.1, -0.05) is 87.5 Å². The van der Waals surface area contributed by atoms with Crippen molar-refractivity contribution < 1.29 is 0 Å². The molecule has 1 saturated carbocycles. The maximum atomic E-state index is 2.63. The molecule has 1 rings (SSSR count). The van der Waals surface area contributed by atoms with Crippen molar-refractivity contribution in [1.29, 1.82) is 0 Å². The lowest BCUT2D eigenvalue weighted by atomic mass is 9.47. The number of hydrogen-bond donors (Lipinski definition) is 0. The van der Waals surface area contributed by atoms with Gasteiger partial charge in [0.05, 0.1) is 0 Å². The highest BCUT2D eigenvalue weighted by Gasteiger charge is 2.52. The molecular formula is C23H46. The van der Waals surface area contributed by atoms with Crippen molar-refractivity contribution in [2.45, 2.75) is 113 Å². The Morgan fingerprint density at radius 3 is 1.96 bits per heavy atom. The fourth-order valence-electron chi connectivity index (χ4n) is 5.99. The van der Waals surface area contributed by atoms with E-state index in [9.17, 15) is 0 Å². The van der Waals surface area contributed by atoms with Gasteiger partial charge in [-0.25, -0.2) is 0 Å². The second-order valence-electron chi connectivity index (χ2n) is 9.27. The van der Waals surface area contributed by atoms with E-state index >= 15 is 0 Å². The van der Waals surface area contributed by atoms with Gasteiger partial charge in [0.2, 0.25) is 0 Å². The van der Waals surface area contributed by atoms with Crippen LogP contribution in [0, 0.1) is 34.5 Å². The van der Waals surface area contributed by atoms with Gasteiger partial charge in [0.15, 0.2) is 0 Å². The summed E-state index contributed by atoms with van der Waals surface area (Å²) in [4.78, 5) is 0. The molecule has 23 heavy (non-hydrogen) atoms. The second-order valence-corrected chi connectivity index (χ2v) is 9.27. The summed E-state index contributed by atoms with van der Waals surface area (Å²) in [7, 11) is 0. The quantitative estimate of drug-likeness (QED) is 0.360. The average Bonchev–Trinajstić information content (AvgIpc) is 2.55. The zero-order valence-corrected chi connectivity index (χ0v) is 17.7. The molecule has 0 bridgehead atoms. The van der Waals surface area contributed by atoms with Gasteiger partial charge < -0.3 is 0 Å². The minimum absolute atomic E-state index is 0.540. The molecule has 5 unspecified atom stereocenters. The maximum Gasteiger partial charge on any atom is -0.0269 e. The highest BCUT2D eigenvalue weighted by molar-refractivity contribution is 5.01. The molecule has 0 aromatic heterocycles. The molecule has 0 spiro atoms. The summed E-state index contributed by atoms with van der Waals surface area (Å²) < 4.78 is 0. The van der Waals surface area contributed by atoms with Crippen LogP contribution < -0.4 is 0 Å². The van der Waals surface area contributed by atoms with Crippen molar-refractivity contribution in [3.8, 4) is 0 Å². The largest absolute Gasteiger partial charge is 0.0654 e. The van der Waals surface area contributed by atoms with Gasteiger partial charge in [0, 0.05) is 0 Å². The summed E-state index contributed by atoms with van der Waals surface area (Å²) in [6, 6.07) is 0. The van der Waals surface area contributed by atoms with Gasteiger partial charge >= 0.3 is 0 Å². The third kappa shape index (κ3) is 4.35. The first kappa shape index (κ1) is 21.0. The van der Waals surface area contributed by atoms with Crippen LogP contribution >= 0.6 is 0 Å². The van der Waals surface area contributed by atoms with E-state index in [4.69, 9.17) is 0 Å². The molecule has 0 heterocycles. The van der Waals surface area contributed by atoms with Crippen molar-refractivity contribution in [3.05, 3.63) is 0 Å². The first-order valence-electron chi connectivity index (χ1n) is 10.8. The van der Waals surface area contributed by atoms with Crippen LogP contribution in [0.5, 0.6) is 0 Å². The zero-order valence-electron chi connectivity index (χ0n) is 17.7. The maximum absolute atomic E-state index is 2.63. The molecule has 0 N–H and O–H groups in total. The number of hydrogen-bond acceptors (Lipinski definition) is 0. The van der Waals surface area contributed by atoms with Crippen molar-refractivity contribution >= 4 is 0 Å². The van der Waals surface area contributed by atoms with Gasteiger partial charge in [0.1, 0.15) is 0 Å². The smallest absolute Gasteiger partial charge is 0.0269 e. The van der Waals surface area contributed by atoms with Crippen LogP contribution in [0.3, 0.4) is 0 Å². The Hall–Kier alpha value is 0. The molecule has 0 amide bonds. The molecule has 5 atom stereocenters. The molecule has 1 aliphatic carbocycles. The molecule has 1 fully saturated rings. The third-order valence-corrected chi connectivity index (χ3v) is 8.13. The van der Waals surface area contributed by atoms with Gasteiger partial charge in [-0.15, -0.1) is 0 Å². The first-order chi connectivity index (χ1) is 10.8. The monoisotopic (exact) mass is 322 g/mol. The zero-order chi connectivity index (χ0) is 17.7. The molecule has 0 aromatic rings. The third-order valence-electron chi connectivity index (χ3n) is 8.13. The Morgan fingerprint density at radius 2 is 1.61 bits per heavy atom. The summed E-state index contributed by atoms with van der Waals surface area (Å²) in [5.74, 6) is 3.69. The SMILES string of the molecule is CCCC(C)(C(C)CC)C(CC)C1CCC1(C)CC(CC)CC. The van der Waals surface area contributed by atoms with E-state index in [-0.39, 0.29) is 0 Å². The van der Waals surface area contributed by atoms with Crippen LogP contribution in [-0.4, -0.2) is 0 Å². The van der Waals surface area contributed by atoms with E-state index in [2.05, 4.69) is 55.4 Å².